The third kappa shape index (κ3) is 4.74. The first kappa shape index (κ1) is 13.9. The van der Waals surface area contributed by atoms with Crippen LogP contribution in [0.4, 0.5) is 0 Å². The van der Waals surface area contributed by atoms with Crippen LogP contribution in [0.2, 0.25) is 5.02 Å². The molecule has 0 heterocycles. The van der Waals surface area contributed by atoms with Crippen LogP contribution in [0, 0.1) is 6.07 Å². The summed E-state index contributed by atoms with van der Waals surface area (Å²) < 4.78 is 4.86. The molecule has 0 amide bonds. The Morgan fingerprint density at radius 3 is 2.55 bits per heavy atom. The van der Waals surface area contributed by atoms with Gasteiger partial charge in [0.05, 0.1) is 7.11 Å². The smallest absolute Gasteiger partial charge is 1.00 e. The Labute approximate surface area is 93.6 Å². The van der Waals surface area contributed by atoms with Crippen molar-refractivity contribution >= 4 is 34.7 Å². The first-order valence-electron chi connectivity index (χ1n) is 2.54. The zero-order valence-electron chi connectivity index (χ0n) is 6.10. The van der Waals surface area contributed by atoms with Crippen molar-refractivity contribution in [3.63, 3.8) is 0 Å². The molecule has 0 atom stereocenters. The second-order valence-corrected chi connectivity index (χ2v) is 2.01. The molecule has 1 aromatic carbocycles. The van der Waals surface area contributed by atoms with E-state index in [0.717, 1.165) is 0 Å². The first-order valence-corrected chi connectivity index (χ1v) is 2.92. The summed E-state index contributed by atoms with van der Waals surface area (Å²) in [5.74, 6) is 0.669. The molecule has 1 rings (SSSR count). The fourth-order valence-corrected chi connectivity index (χ4v) is 0.698. The molecule has 1 aromatic rings. The van der Waals surface area contributed by atoms with Crippen LogP contribution >= 0.6 is 11.6 Å². The number of benzene rings is 1. The summed E-state index contributed by atoms with van der Waals surface area (Å²) in [4.78, 5) is 0. The van der Waals surface area contributed by atoms with E-state index in [9.17, 15) is 0 Å². The Balaban J connectivity index is 0. The van der Waals surface area contributed by atoms with Crippen molar-refractivity contribution in [1.82, 2.24) is 0 Å². The van der Waals surface area contributed by atoms with E-state index in [4.69, 9.17) is 16.3 Å². The summed E-state index contributed by atoms with van der Waals surface area (Å²) in [5, 5.41) is 0.672. The number of halogens is 2. The van der Waals surface area contributed by atoms with Crippen molar-refractivity contribution in [2.45, 2.75) is 0 Å². The predicted octanol–water partition coefficient (Wildman–Crippen LogP) is -1.23. The average Bonchev–Trinajstić information content (AvgIpc) is 1.88. The summed E-state index contributed by atoms with van der Waals surface area (Å²) in [5.41, 5.74) is 0. The van der Waals surface area contributed by atoms with E-state index in [1.165, 1.54) is 0 Å². The monoisotopic (exact) mass is 200 g/mol. The minimum absolute atomic E-state index is 0. The zero-order chi connectivity index (χ0) is 6.69. The van der Waals surface area contributed by atoms with Gasteiger partial charge in [-0.15, -0.1) is 23.7 Å². The molecule has 0 spiro atoms. The Morgan fingerprint density at radius 1 is 1.55 bits per heavy atom. The van der Waals surface area contributed by atoms with Gasteiger partial charge in [0.15, 0.2) is 0 Å². The SMILES string of the molecule is COc1[c-]ccc(Cl)c1.[Cl-].[Mg+2]. The normalized spacial score (nSPS) is 7.45. The van der Waals surface area contributed by atoms with Crippen LogP contribution in [0.25, 0.3) is 0 Å². The van der Waals surface area contributed by atoms with Crippen molar-refractivity contribution in [2.75, 3.05) is 7.11 Å². The fourth-order valence-electron chi connectivity index (χ4n) is 0.536. The van der Waals surface area contributed by atoms with Crippen molar-refractivity contribution in [3.05, 3.63) is 29.3 Å². The number of ether oxygens (including phenoxy) is 1. The van der Waals surface area contributed by atoms with E-state index in [0.29, 0.717) is 10.8 Å². The van der Waals surface area contributed by atoms with E-state index < -0.39 is 0 Å². The van der Waals surface area contributed by atoms with E-state index in [2.05, 4.69) is 6.07 Å². The number of hydrogen-bond acceptors (Lipinski definition) is 1. The van der Waals surface area contributed by atoms with Gasteiger partial charge in [-0.2, -0.15) is 12.1 Å². The molecule has 0 radical (unpaired) electrons. The molecule has 0 N–H and O–H groups in total. The maximum Gasteiger partial charge on any atom is 2.00 e. The van der Waals surface area contributed by atoms with Gasteiger partial charge in [0, 0.05) is 5.75 Å². The molecule has 0 bridgehead atoms. The summed E-state index contributed by atoms with van der Waals surface area (Å²) in [6.07, 6.45) is 0. The quantitative estimate of drug-likeness (QED) is 0.408. The van der Waals surface area contributed by atoms with Crippen LogP contribution in [0.5, 0.6) is 5.75 Å². The van der Waals surface area contributed by atoms with Gasteiger partial charge in [-0.3, -0.25) is 0 Å². The van der Waals surface area contributed by atoms with Gasteiger partial charge in [0.1, 0.15) is 0 Å². The van der Waals surface area contributed by atoms with Crippen LogP contribution in [-0.2, 0) is 0 Å². The Hall–Kier alpha value is 0.366. The second kappa shape index (κ2) is 7.04. The number of rotatable bonds is 1. The molecular formula is C7H6Cl2MgO. The molecule has 4 heteroatoms. The maximum atomic E-state index is 5.62. The van der Waals surface area contributed by atoms with E-state index in [-0.39, 0.29) is 35.5 Å². The average molecular weight is 201 g/mol. The van der Waals surface area contributed by atoms with Gasteiger partial charge in [-0.25, -0.2) is 0 Å². The molecule has 11 heavy (non-hydrogen) atoms. The minimum Gasteiger partial charge on any atom is -1.00 e. The summed E-state index contributed by atoms with van der Waals surface area (Å²) in [6, 6.07) is 8.04. The van der Waals surface area contributed by atoms with Gasteiger partial charge in [-0.05, 0) is 0 Å². The van der Waals surface area contributed by atoms with Crippen molar-refractivity contribution in [3.8, 4) is 5.75 Å². The van der Waals surface area contributed by atoms with Gasteiger partial charge in [0.2, 0.25) is 0 Å². The number of hydrogen-bond donors (Lipinski definition) is 0. The van der Waals surface area contributed by atoms with Gasteiger partial charge in [0.25, 0.3) is 0 Å². The fraction of sp³-hybridized carbons (Fsp3) is 0.143. The number of methoxy groups -OCH3 is 1. The van der Waals surface area contributed by atoms with Crippen LogP contribution in [-0.4, -0.2) is 30.2 Å². The van der Waals surface area contributed by atoms with Crippen LogP contribution in [0.1, 0.15) is 0 Å². The van der Waals surface area contributed by atoms with Crippen molar-refractivity contribution in [1.29, 1.82) is 0 Å². The second-order valence-electron chi connectivity index (χ2n) is 1.58. The minimum atomic E-state index is 0. The molecule has 0 aliphatic carbocycles. The molecule has 1 nitrogen and oxygen atoms in total. The Kier molecular flexibility index (Phi) is 8.91. The molecule has 56 valence electrons. The molecule has 0 aliphatic rings. The third-order valence-electron chi connectivity index (χ3n) is 0.957. The van der Waals surface area contributed by atoms with E-state index in [1.54, 1.807) is 25.3 Å². The molecular weight excluding hydrogens is 195 g/mol. The summed E-state index contributed by atoms with van der Waals surface area (Å²) in [6.45, 7) is 0. The van der Waals surface area contributed by atoms with Crippen molar-refractivity contribution < 1.29 is 17.1 Å². The first-order chi connectivity index (χ1) is 4.33. The maximum absolute atomic E-state index is 5.62. The van der Waals surface area contributed by atoms with E-state index >= 15 is 0 Å². The standard InChI is InChI=1S/C7H6ClO.ClH.Mg/c1-9-7-4-2-3-6(8)5-7;;/h2-3,5H,1H3;1H;/q-1;;+2/p-1. The molecule has 0 aromatic heterocycles. The molecule has 0 unspecified atom stereocenters. The Bertz CT molecular complexity index is 205. The van der Waals surface area contributed by atoms with Crippen LogP contribution in [0.15, 0.2) is 18.2 Å². The van der Waals surface area contributed by atoms with Crippen LogP contribution in [0.3, 0.4) is 0 Å². The largest absolute Gasteiger partial charge is 2.00 e. The van der Waals surface area contributed by atoms with E-state index in [1.807, 2.05) is 0 Å². The Morgan fingerprint density at radius 2 is 2.18 bits per heavy atom. The molecule has 0 fully saturated rings. The summed E-state index contributed by atoms with van der Waals surface area (Å²) >= 11 is 5.62. The molecule has 0 saturated carbocycles. The van der Waals surface area contributed by atoms with Gasteiger partial charge < -0.3 is 17.1 Å². The summed E-state index contributed by atoms with van der Waals surface area (Å²) in [7, 11) is 1.59. The zero-order valence-corrected chi connectivity index (χ0v) is 9.03. The topological polar surface area (TPSA) is 9.23 Å². The molecule has 0 saturated heterocycles. The molecule has 0 aliphatic heterocycles. The van der Waals surface area contributed by atoms with Gasteiger partial charge >= 0.3 is 23.1 Å². The van der Waals surface area contributed by atoms with Crippen LogP contribution < -0.4 is 17.1 Å². The third-order valence-corrected chi connectivity index (χ3v) is 1.19. The van der Waals surface area contributed by atoms with Gasteiger partial charge in [-0.1, -0.05) is 5.02 Å². The predicted molar refractivity (Wildman–Crippen MR) is 42.6 cm³/mol. The van der Waals surface area contributed by atoms with Crippen molar-refractivity contribution in [2.24, 2.45) is 0 Å².